The van der Waals surface area contributed by atoms with Crippen molar-refractivity contribution in [2.24, 2.45) is 5.10 Å². The maximum Gasteiger partial charge on any atom is 0.100 e. The summed E-state index contributed by atoms with van der Waals surface area (Å²) in [6, 6.07) is 13.3. The van der Waals surface area contributed by atoms with E-state index in [1.165, 1.54) is 33.5 Å². The molecule has 29 heavy (non-hydrogen) atoms. The molecule has 0 spiro atoms. The highest BCUT2D eigenvalue weighted by Crippen LogP contribution is 2.23. The highest BCUT2D eigenvalue weighted by atomic mass is 32.1. The molecule has 0 atom stereocenters. The molecule has 0 fully saturated rings. The number of benzene rings is 2. The minimum atomic E-state index is 0.693. The Morgan fingerprint density at radius 3 is 2.28 bits per heavy atom. The Hall–Kier alpha value is -2.20. The standard InChI is InChI=1S/C25H35N3S/c1-7-20-12-11-18(5)23(15-20)19(6)26-27-25(29)17-21-13-14-22(8-2)24(16-21)28(9-3)10-4/h11-16H,7-10,17H2,1-6H3,(H,27,29)/b26-19+. The van der Waals surface area contributed by atoms with Crippen molar-refractivity contribution >= 4 is 28.6 Å². The van der Waals surface area contributed by atoms with Crippen LogP contribution < -0.4 is 10.3 Å². The summed E-state index contributed by atoms with van der Waals surface area (Å²) in [4.78, 5) is 3.15. The Bertz CT molecular complexity index is 866. The predicted molar refractivity (Wildman–Crippen MR) is 132 cm³/mol. The van der Waals surface area contributed by atoms with Crippen LogP contribution in [0.2, 0.25) is 0 Å². The van der Waals surface area contributed by atoms with Crippen LogP contribution in [0, 0.1) is 6.92 Å². The van der Waals surface area contributed by atoms with Crippen molar-refractivity contribution in [1.82, 2.24) is 5.43 Å². The molecule has 0 bridgehead atoms. The fourth-order valence-electron chi connectivity index (χ4n) is 3.59. The molecular weight excluding hydrogens is 374 g/mol. The number of hydrogen-bond acceptors (Lipinski definition) is 3. The second-order valence-corrected chi connectivity index (χ2v) is 7.89. The summed E-state index contributed by atoms with van der Waals surface area (Å²) in [5.41, 5.74) is 11.7. The fourth-order valence-corrected chi connectivity index (χ4v) is 3.80. The molecule has 2 aromatic rings. The lowest BCUT2D eigenvalue weighted by Gasteiger charge is -2.24. The van der Waals surface area contributed by atoms with E-state index in [0.29, 0.717) is 6.42 Å². The van der Waals surface area contributed by atoms with E-state index in [9.17, 15) is 0 Å². The summed E-state index contributed by atoms with van der Waals surface area (Å²) in [5.74, 6) is 0. The van der Waals surface area contributed by atoms with E-state index < -0.39 is 0 Å². The van der Waals surface area contributed by atoms with Crippen molar-refractivity contribution in [3.8, 4) is 0 Å². The van der Waals surface area contributed by atoms with Gasteiger partial charge < -0.3 is 4.90 Å². The molecular formula is C25H35N3S. The molecule has 0 amide bonds. The molecule has 156 valence electrons. The lowest BCUT2D eigenvalue weighted by Crippen LogP contribution is -2.24. The minimum Gasteiger partial charge on any atom is -0.372 e. The fraction of sp³-hybridized carbons (Fsp3) is 0.440. The van der Waals surface area contributed by atoms with E-state index in [4.69, 9.17) is 12.2 Å². The monoisotopic (exact) mass is 409 g/mol. The number of hydrogen-bond donors (Lipinski definition) is 1. The Morgan fingerprint density at radius 2 is 1.66 bits per heavy atom. The van der Waals surface area contributed by atoms with Gasteiger partial charge in [-0.05, 0) is 74.9 Å². The average Bonchev–Trinajstić information content (AvgIpc) is 2.73. The van der Waals surface area contributed by atoms with Gasteiger partial charge in [0.1, 0.15) is 4.99 Å². The van der Waals surface area contributed by atoms with Gasteiger partial charge in [-0.2, -0.15) is 5.10 Å². The number of nitrogens with zero attached hydrogens (tertiary/aromatic N) is 2. The highest BCUT2D eigenvalue weighted by molar-refractivity contribution is 7.80. The summed E-state index contributed by atoms with van der Waals surface area (Å²) in [6.45, 7) is 15.0. The molecule has 0 aromatic heterocycles. The number of anilines is 1. The molecule has 0 saturated heterocycles. The van der Waals surface area contributed by atoms with Gasteiger partial charge in [0.2, 0.25) is 0 Å². The third-order valence-corrected chi connectivity index (χ3v) is 5.68. The van der Waals surface area contributed by atoms with Crippen LogP contribution >= 0.6 is 12.2 Å². The zero-order valence-corrected chi connectivity index (χ0v) is 19.6. The Kier molecular flexibility index (Phi) is 8.84. The summed E-state index contributed by atoms with van der Waals surface area (Å²) >= 11 is 5.58. The molecule has 2 aromatic carbocycles. The van der Waals surface area contributed by atoms with Crippen LogP contribution in [0.25, 0.3) is 0 Å². The quantitative estimate of drug-likeness (QED) is 0.320. The van der Waals surface area contributed by atoms with Gasteiger partial charge in [0.15, 0.2) is 0 Å². The van der Waals surface area contributed by atoms with Gasteiger partial charge in [0.25, 0.3) is 0 Å². The van der Waals surface area contributed by atoms with Crippen LogP contribution in [-0.4, -0.2) is 23.8 Å². The first-order valence-electron chi connectivity index (χ1n) is 10.7. The SMILES string of the molecule is CCc1ccc(C)c(/C(C)=N/NC(=S)Cc2ccc(CC)c(N(CC)CC)c2)c1. The summed E-state index contributed by atoms with van der Waals surface area (Å²) in [7, 11) is 0. The lowest BCUT2D eigenvalue weighted by molar-refractivity contribution is 0.854. The largest absolute Gasteiger partial charge is 0.372 e. The first-order valence-corrected chi connectivity index (χ1v) is 11.1. The number of hydrazone groups is 1. The van der Waals surface area contributed by atoms with Crippen LogP contribution in [0.5, 0.6) is 0 Å². The van der Waals surface area contributed by atoms with Gasteiger partial charge >= 0.3 is 0 Å². The Morgan fingerprint density at radius 1 is 0.966 bits per heavy atom. The summed E-state index contributed by atoms with van der Waals surface area (Å²) in [5, 5.41) is 4.57. The van der Waals surface area contributed by atoms with Crippen molar-refractivity contribution in [1.29, 1.82) is 0 Å². The lowest BCUT2D eigenvalue weighted by atomic mass is 10.0. The van der Waals surface area contributed by atoms with Gasteiger partial charge in [-0.15, -0.1) is 0 Å². The van der Waals surface area contributed by atoms with Crippen molar-refractivity contribution in [3.63, 3.8) is 0 Å². The number of nitrogens with one attached hydrogen (secondary N) is 1. The van der Waals surface area contributed by atoms with Gasteiger partial charge in [-0.1, -0.05) is 50.3 Å². The molecule has 2 rings (SSSR count). The second-order valence-electron chi connectivity index (χ2n) is 7.40. The van der Waals surface area contributed by atoms with Gasteiger partial charge in [0, 0.05) is 30.8 Å². The molecule has 0 aliphatic rings. The molecule has 0 saturated carbocycles. The number of rotatable bonds is 9. The van der Waals surface area contributed by atoms with Crippen LogP contribution in [0.15, 0.2) is 41.5 Å². The summed E-state index contributed by atoms with van der Waals surface area (Å²) < 4.78 is 0. The van der Waals surface area contributed by atoms with Crippen molar-refractivity contribution in [3.05, 3.63) is 64.2 Å². The van der Waals surface area contributed by atoms with Crippen molar-refractivity contribution in [2.45, 2.75) is 60.8 Å². The van der Waals surface area contributed by atoms with Crippen molar-refractivity contribution in [2.75, 3.05) is 18.0 Å². The normalized spacial score (nSPS) is 11.4. The van der Waals surface area contributed by atoms with Crippen LogP contribution in [0.1, 0.15) is 62.4 Å². The van der Waals surface area contributed by atoms with E-state index in [1.54, 1.807) is 0 Å². The van der Waals surface area contributed by atoms with E-state index >= 15 is 0 Å². The topological polar surface area (TPSA) is 27.6 Å². The minimum absolute atomic E-state index is 0.693. The summed E-state index contributed by atoms with van der Waals surface area (Å²) in [6.07, 6.45) is 2.75. The van der Waals surface area contributed by atoms with Gasteiger partial charge in [0.05, 0.1) is 5.71 Å². The molecule has 0 unspecified atom stereocenters. The molecule has 0 aliphatic carbocycles. The van der Waals surface area contributed by atoms with Crippen molar-refractivity contribution < 1.29 is 0 Å². The number of thiocarbonyl (C=S) groups is 1. The molecule has 0 radical (unpaired) electrons. The van der Waals surface area contributed by atoms with Crippen LogP contribution in [0.3, 0.4) is 0 Å². The molecule has 1 N–H and O–H groups in total. The molecule has 0 aliphatic heterocycles. The van der Waals surface area contributed by atoms with Gasteiger partial charge in [-0.25, -0.2) is 0 Å². The molecule has 4 heteroatoms. The third-order valence-electron chi connectivity index (χ3n) is 5.45. The number of aryl methyl sites for hydroxylation is 3. The highest BCUT2D eigenvalue weighted by Gasteiger charge is 2.10. The first kappa shape index (κ1) is 23.1. The maximum atomic E-state index is 5.58. The first-order chi connectivity index (χ1) is 13.9. The zero-order valence-electron chi connectivity index (χ0n) is 18.8. The maximum absolute atomic E-state index is 5.58. The predicted octanol–water partition coefficient (Wildman–Crippen LogP) is 5.85. The van der Waals surface area contributed by atoms with E-state index in [1.807, 2.05) is 6.92 Å². The molecule has 3 nitrogen and oxygen atoms in total. The van der Waals surface area contributed by atoms with Crippen LogP contribution in [0.4, 0.5) is 5.69 Å². The Balaban J connectivity index is 2.13. The van der Waals surface area contributed by atoms with Gasteiger partial charge in [-0.3, -0.25) is 5.43 Å². The smallest absolute Gasteiger partial charge is 0.100 e. The van der Waals surface area contributed by atoms with E-state index in [-0.39, 0.29) is 0 Å². The van der Waals surface area contributed by atoms with Crippen LogP contribution in [-0.2, 0) is 19.3 Å². The van der Waals surface area contributed by atoms with E-state index in [0.717, 1.165) is 36.6 Å². The molecule has 0 heterocycles. The third kappa shape index (κ3) is 6.14. The average molecular weight is 410 g/mol. The Labute approximate surface area is 182 Å². The van der Waals surface area contributed by atoms with E-state index in [2.05, 4.69) is 86.4 Å². The second kappa shape index (κ2) is 11.1. The zero-order chi connectivity index (χ0) is 21.4.